The number of carbonyl (C=O) groups excluding carboxylic acids is 3. The van der Waals surface area contributed by atoms with Crippen LogP contribution in [0.15, 0.2) is 30.5 Å². The summed E-state index contributed by atoms with van der Waals surface area (Å²) in [5.41, 5.74) is 1.01. The van der Waals surface area contributed by atoms with E-state index in [4.69, 9.17) is 27.5 Å². The van der Waals surface area contributed by atoms with Gasteiger partial charge in [-0.2, -0.15) is 0 Å². The fraction of sp³-hybridized carbons (Fsp3) is 0.296. The molecule has 3 aliphatic rings. The van der Waals surface area contributed by atoms with Gasteiger partial charge in [0, 0.05) is 23.9 Å². The van der Waals surface area contributed by atoms with E-state index < -0.39 is 17.8 Å². The van der Waals surface area contributed by atoms with Gasteiger partial charge in [-0.1, -0.05) is 23.9 Å². The smallest absolute Gasteiger partial charge is 0.315 e. The summed E-state index contributed by atoms with van der Waals surface area (Å²) in [6, 6.07) is 6.21. The Bertz CT molecular complexity index is 1570. The number of fused-ring (bicyclic) bond motifs is 1. The number of benzene rings is 1. The molecule has 1 unspecified atom stereocenters. The normalized spacial score (nSPS) is 18.1. The summed E-state index contributed by atoms with van der Waals surface area (Å²) < 4.78 is 11.8. The fourth-order valence-electron chi connectivity index (χ4n) is 5.22. The van der Waals surface area contributed by atoms with Crippen LogP contribution in [0.3, 0.4) is 0 Å². The Balaban J connectivity index is 1.41. The quantitative estimate of drug-likeness (QED) is 0.284. The van der Waals surface area contributed by atoms with Crippen LogP contribution in [-0.4, -0.2) is 45.7 Å². The molecule has 1 aliphatic heterocycles. The van der Waals surface area contributed by atoms with Gasteiger partial charge < -0.3 is 20.1 Å². The molecular weight excluding hydrogens is 510 g/mol. The molecule has 0 radical (unpaired) electrons. The number of anilines is 1. The first-order valence-electron chi connectivity index (χ1n) is 12.1. The number of methoxy groups -OCH3 is 1. The Labute approximate surface area is 222 Å². The van der Waals surface area contributed by atoms with Crippen LogP contribution in [0.1, 0.15) is 57.7 Å². The highest BCUT2D eigenvalue weighted by molar-refractivity contribution is 6.32. The minimum absolute atomic E-state index is 0.0419. The number of esters is 1. The average Bonchev–Trinajstić information content (AvgIpc) is 3.25. The number of hydrogen-bond acceptors (Lipinski definition) is 7. The molecule has 6 rings (SSSR count). The van der Waals surface area contributed by atoms with Crippen molar-refractivity contribution in [3.63, 3.8) is 0 Å². The Morgan fingerprint density at radius 2 is 2.13 bits per heavy atom. The predicted octanol–water partition coefficient (Wildman–Crippen LogP) is 3.30. The SMILES string of the molecule is C#Cc1cc2c(c(C(=O)NC3CC34CCC4)c1NC(=O)c1cc(OC)nn1-c1ncccc1Cl)CC(=O)O2. The molecule has 3 aromatic rings. The lowest BCUT2D eigenvalue weighted by Gasteiger charge is -2.27. The predicted molar refractivity (Wildman–Crippen MR) is 137 cm³/mol. The molecule has 192 valence electrons. The summed E-state index contributed by atoms with van der Waals surface area (Å²) in [6.07, 6.45) is 11.4. The van der Waals surface area contributed by atoms with Gasteiger partial charge in [0.1, 0.15) is 11.4 Å². The molecule has 0 bridgehead atoms. The number of pyridine rings is 1. The lowest BCUT2D eigenvalue weighted by Crippen LogP contribution is -2.33. The van der Waals surface area contributed by atoms with Crippen molar-refractivity contribution in [3.8, 4) is 29.8 Å². The molecular formula is C27H22ClN5O5. The van der Waals surface area contributed by atoms with Crippen LogP contribution in [-0.2, 0) is 11.2 Å². The Hall–Kier alpha value is -4.36. The Morgan fingerprint density at radius 3 is 2.79 bits per heavy atom. The van der Waals surface area contributed by atoms with E-state index in [9.17, 15) is 14.4 Å². The van der Waals surface area contributed by atoms with Crippen molar-refractivity contribution < 1.29 is 23.9 Å². The summed E-state index contributed by atoms with van der Waals surface area (Å²) in [5, 5.41) is 10.4. The van der Waals surface area contributed by atoms with Crippen molar-refractivity contribution in [1.82, 2.24) is 20.1 Å². The molecule has 1 spiro atoms. The number of ether oxygens (including phenoxy) is 2. The molecule has 0 saturated heterocycles. The monoisotopic (exact) mass is 531 g/mol. The number of nitrogens with zero attached hydrogens (tertiary/aromatic N) is 3. The van der Waals surface area contributed by atoms with E-state index in [1.165, 1.54) is 30.1 Å². The molecule has 2 aromatic heterocycles. The highest BCUT2D eigenvalue weighted by Crippen LogP contribution is 2.60. The minimum Gasteiger partial charge on any atom is -0.480 e. The third-order valence-electron chi connectivity index (χ3n) is 7.47. The van der Waals surface area contributed by atoms with Crippen LogP contribution >= 0.6 is 11.6 Å². The lowest BCUT2D eigenvalue weighted by atomic mass is 9.81. The summed E-state index contributed by atoms with van der Waals surface area (Å²) >= 11 is 6.31. The van der Waals surface area contributed by atoms with Crippen LogP contribution in [0.5, 0.6) is 11.6 Å². The van der Waals surface area contributed by atoms with Crippen LogP contribution in [0.4, 0.5) is 5.69 Å². The van der Waals surface area contributed by atoms with Gasteiger partial charge in [0.25, 0.3) is 11.8 Å². The molecule has 11 heteroatoms. The third-order valence-corrected chi connectivity index (χ3v) is 7.77. The molecule has 2 aliphatic carbocycles. The molecule has 10 nitrogen and oxygen atoms in total. The van der Waals surface area contributed by atoms with E-state index in [1.807, 2.05) is 0 Å². The summed E-state index contributed by atoms with van der Waals surface area (Å²) in [7, 11) is 1.41. The number of nitrogens with one attached hydrogen (secondary N) is 2. The molecule has 2 amide bonds. The van der Waals surface area contributed by atoms with Crippen LogP contribution in [0, 0.1) is 17.8 Å². The average molecular weight is 532 g/mol. The molecule has 1 aromatic carbocycles. The topological polar surface area (TPSA) is 124 Å². The van der Waals surface area contributed by atoms with Crippen LogP contribution in [0.25, 0.3) is 5.82 Å². The van der Waals surface area contributed by atoms with Gasteiger partial charge in [-0.25, -0.2) is 9.67 Å². The molecule has 38 heavy (non-hydrogen) atoms. The van der Waals surface area contributed by atoms with Crippen molar-refractivity contribution in [1.29, 1.82) is 0 Å². The highest BCUT2D eigenvalue weighted by atomic mass is 35.5. The van der Waals surface area contributed by atoms with Gasteiger partial charge in [-0.3, -0.25) is 14.4 Å². The van der Waals surface area contributed by atoms with Crippen molar-refractivity contribution in [2.75, 3.05) is 12.4 Å². The number of halogens is 1. The largest absolute Gasteiger partial charge is 0.480 e. The summed E-state index contributed by atoms with van der Waals surface area (Å²) in [4.78, 5) is 43.7. The standard InChI is InChI=1S/C27H22ClN5O5/c1-3-14-10-18-15(11-21(34)38-18)22(26(36)30-19-13-27(19)7-5-8-27)23(14)31-25(35)17-12-20(37-2)32-33(17)24-16(28)6-4-9-29-24/h1,4,6,9-10,12,19H,5,7-8,11,13H2,2H3,(H,30,36)(H,31,35). The molecule has 1 atom stereocenters. The zero-order chi connectivity index (χ0) is 26.6. The van der Waals surface area contributed by atoms with Gasteiger partial charge in [0.2, 0.25) is 5.88 Å². The van der Waals surface area contributed by atoms with E-state index >= 15 is 0 Å². The third kappa shape index (κ3) is 3.87. The van der Waals surface area contributed by atoms with Crippen molar-refractivity contribution in [2.45, 2.75) is 38.1 Å². The first-order valence-corrected chi connectivity index (χ1v) is 12.5. The lowest BCUT2D eigenvalue weighted by molar-refractivity contribution is -0.131. The fourth-order valence-corrected chi connectivity index (χ4v) is 5.42. The van der Waals surface area contributed by atoms with Gasteiger partial charge in [0.05, 0.1) is 35.4 Å². The van der Waals surface area contributed by atoms with E-state index in [-0.39, 0.29) is 62.9 Å². The maximum atomic E-state index is 13.7. The van der Waals surface area contributed by atoms with Crippen LogP contribution in [0.2, 0.25) is 5.02 Å². The van der Waals surface area contributed by atoms with Gasteiger partial charge in [-0.05, 0) is 42.9 Å². The van der Waals surface area contributed by atoms with Gasteiger partial charge in [0.15, 0.2) is 5.82 Å². The van der Waals surface area contributed by atoms with Crippen molar-refractivity contribution in [2.24, 2.45) is 5.41 Å². The minimum atomic E-state index is -0.639. The second-order valence-electron chi connectivity index (χ2n) is 9.64. The zero-order valence-corrected chi connectivity index (χ0v) is 21.1. The van der Waals surface area contributed by atoms with Crippen LogP contribution < -0.4 is 20.1 Å². The second kappa shape index (κ2) is 8.89. The molecule has 2 fully saturated rings. The van der Waals surface area contributed by atoms with E-state index in [2.05, 4.69) is 26.6 Å². The van der Waals surface area contributed by atoms with Gasteiger partial charge >= 0.3 is 5.97 Å². The van der Waals surface area contributed by atoms with Crippen molar-refractivity contribution in [3.05, 3.63) is 57.9 Å². The van der Waals surface area contributed by atoms with E-state index in [0.717, 1.165) is 25.7 Å². The maximum Gasteiger partial charge on any atom is 0.315 e. The Kier molecular flexibility index (Phi) is 5.61. The molecule has 2 N–H and O–H groups in total. The molecule has 2 saturated carbocycles. The second-order valence-corrected chi connectivity index (χ2v) is 10.0. The number of aromatic nitrogens is 3. The van der Waals surface area contributed by atoms with E-state index in [0.29, 0.717) is 5.56 Å². The number of hydrogen-bond donors (Lipinski definition) is 2. The first-order chi connectivity index (χ1) is 18.3. The number of carbonyl (C=O) groups is 3. The summed E-state index contributed by atoms with van der Waals surface area (Å²) in [6.45, 7) is 0. The first kappa shape index (κ1) is 24.0. The number of rotatable bonds is 6. The highest BCUT2D eigenvalue weighted by Gasteiger charge is 2.58. The summed E-state index contributed by atoms with van der Waals surface area (Å²) in [5.74, 6) is 1.53. The van der Waals surface area contributed by atoms with E-state index in [1.54, 1.807) is 12.1 Å². The maximum absolute atomic E-state index is 13.7. The number of amides is 2. The number of terminal acetylenes is 1. The van der Waals surface area contributed by atoms with Gasteiger partial charge in [-0.15, -0.1) is 11.5 Å². The molecule has 3 heterocycles. The Morgan fingerprint density at radius 1 is 1.32 bits per heavy atom. The zero-order valence-electron chi connectivity index (χ0n) is 20.3. The van der Waals surface area contributed by atoms with Crippen molar-refractivity contribution >= 4 is 35.1 Å².